The van der Waals surface area contributed by atoms with Crippen molar-refractivity contribution in [1.82, 2.24) is 34.8 Å². The lowest BCUT2D eigenvalue weighted by Crippen LogP contribution is -2.41. The molecule has 9 heteroatoms. The van der Waals surface area contributed by atoms with Crippen molar-refractivity contribution in [2.75, 3.05) is 0 Å². The van der Waals surface area contributed by atoms with Crippen LogP contribution < -0.4 is 5.32 Å². The Kier molecular flexibility index (Phi) is 4.78. The maximum atomic E-state index is 13.6. The number of benzene rings is 1. The van der Waals surface area contributed by atoms with Crippen molar-refractivity contribution in [3.05, 3.63) is 72.2 Å². The lowest BCUT2D eigenvalue weighted by Gasteiger charge is -2.23. The number of nitrogens with zero attached hydrogens (tertiary/aromatic N) is 6. The first-order valence-corrected chi connectivity index (χ1v) is 10.0. The van der Waals surface area contributed by atoms with E-state index < -0.39 is 5.82 Å². The molecule has 1 aliphatic heterocycles. The highest BCUT2D eigenvalue weighted by Gasteiger charge is 2.26. The van der Waals surface area contributed by atoms with Gasteiger partial charge >= 0.3 is 0 Å². The van der Waals surface area contributed by atoms with Crippen LogP contribution in [0.2, 0.25) is 0 Å². The smallest absolute Gasteiger partial charge is 0.270 e. The van der Waals surface area contributed by atoms with E-state index in [1.807, 2.05) is 35.0 Å². The number of carbonyl (C=O) groups is 1. The van der Waals surface area contributed by atoms with Gasteiger partial charge in [-0.15, -0.1) is 0 Å². The minimum Gasteiger partial charge on any atom is -0.347 e. The molecule has 1 aliphatic rings. The van der Waals surface area contributed by atoms with Gasteiger partial charge in [0.1, 0.15) is 17.3 Å². The molecule has 5 rings (SSSR count). The Morgan fingerprint density at radius 2 is 2.06 bits per heavy atom. The van der Waals surface area contributed by atoms with Crippen molar-refractivity contribution >= 4 is 5.91 Å². The third-order valence-corrected chi connectivity index (χ3v) is 5.39. The molecule has 0 radical (unpaired) electrons. The van der Waals surface area contributed by atoms with Gasteiger partial charge < -0.3 is 5.32 Å². The number of hydrogen-bond acceptors (Lipinski definition) is 5. The Bertz CT molecular complexity index is 1250. The standard InChI is InChI=1S/C22H20FN7O/c1-29-20(17(13-25-29)18-11-15(23)7-9-24-18)22(31)26-16-8-10-30-19(12-16)27-21(28-30)14-5-3-2-4-6-14/h2-7,9,11,13,16H,8,10,12H2,1H3,(H,26,31). The van der Waals surface area contributed by atoms with E-state index in [1.54, 1.807) is 7.05 Å². The summed E-state index contributed by atoms with van der Waals surface area (Å²) >= 11 is 0. The summed E-state index contributed by atoms with van der Waals surface area (Å²) in [6, 6.07) is 12.3. The number of aromatic nitrogens is 6. The number of hydrogen-bond donors (Lipinski definition) is 1. The first kappa shape index (κ1) is 19.1. The number of amides is 1. The molecular weight excluding hydrogens is 397 g/mol. The van der Waals surface area contributed by atoms with E-state index >= 15 is 0 Å². The van der Waals surface area contributed by atoms with E-state index in [4.69, 9.17) is 0 Å². The van der Waals surface area contributed by atoms with Gasteiger partial charge in [-0.05, 0) is 12.5 Å². The van der Waals surface area contributed by atoms with Gasteiger partial charge in [-0.1, -0.05) is 30.3 Å². The van der Waals surface area contributed by atoms with Gasteiger partial charge in [-0.2, -0.15) is 10.2 Å². The number of carbonyl (C=O) groups excluding carboxylic acids is 1. The van der Waals surface area contributed by atoms with Crippen LogP contribution in [-0.2, 0) is 20.0 Å². The van der Waals surface area contributed by atoms with Gasteiger partial charge in [0.15, 0.2) is 5.82 Å². The summed E-state index contributed by atoms with van der Waals surface area (Å²) in [5.74, 6) is 0.837. The Labute approximate surface area is 177 Å². The average molecular weight is 417 g/mol. The predicted molar refractivity (Wildman–Crippen MR) is 111 cm³/mol. The molecule has 0 saturated carbocycles. The van der Waals surface area contributed by atoms with Crippen LogP contribution in [0.5, 0.6) is 0 Å². The van der Waals surface area contributed by atoms with Gasteiger partial charge in [0.2, 0.25) is 0 Å². The van der Waals surface area contributed by atoms with E-state index in [0.717, 1.165) is 17.8 Å². The van der Waals surface area contributed by atoms with Crippen LogP contribution in [0.15, 0.2) is 54.9 Å². The summed E-state index contributed by atoms with van der Waals surface area (Å²) in [7, 11) is 1.68. The molecule has 4 aromatic rings. The molecule has 0 aliphatic carbocycles. The zero-order chi connectivity index (χ0) is 21.4. The summed E-state index contributed by atoms with van der Waals surface area (Å²) in [5, 5.41) is 11.8. The lowest BCUT2D eigenvalue weighted by atomic mass is 10.1. The predicted octanol–water partition coefficient (Wildman–Crippen LogP) is 2.62. The molecule has 1 N–H and O–H groups in total. The number of halogens is 1. The van der Waals surface area contributed by atoms with Crippen LogP contribution in [0.3, 0.4) is 0 Å². The summed E-state index contributed by atoms with van der Waals surface area (Å²) < 4.78 is 17.0. The third-order valence-electron chi connectivity index (χ3n) is 5.39. The van der Waals surface area contributed by atoms with Gasteiger partial charge in [0.05, 0.1) is 17.5 Å². The highest BCUT2D eigenvalue weighted by Crippen LogP contribution is 2.23. The maximum Gasteiger partial charge on any atom is 0.270 e. The van der Waals surface area contributed by atoms with Crippen LogP contribution in [-0.4, -0.2) is 41.5 Å². The maximum absolute atomic E-state index is 13.6. The van der Waals surface area contributed by atoms with Gasteiger partial charge in [-0.25, -0.2) is 14.1 Å². The van der Waals surface area contributed by atoms with Crippen molar-refractivity contribution in [1.29, 1.82) is 0 Å². The van der Waals surface area contributed by atoms with Crippen LogP contribution in [0.25, 0.3) is 22.6 Å². The molecule has 1 aromatic carbocycles. The molecule has 1 unspecified atom stereocenters. The van der Waals surface area contributed by atoms with Gasteiger partial charge in [0.25, 0.3) is 5.91 Å². The molecular formula is C22H20FN7O. The topological polar surface area (TPSA) is 90.5 Å². The molecule has 1 amide bonds. The molecule has 4 heterocycles. The van der Waals surface area contributed by atoms with E-state index in [0.29, 0.717) is 35.7 Å². The van der Waals surface area contributed by atoms with Crippen molar-refractivity contribution in [2.45, 2.75) is 25.4 Å². The molecule has 3 aromatic heterocycles. The van der Waals surface area contributed by atoms with E-state index in [1.165, 1.54) is 29.2 Å². The number of aryl methyl sites for hydroxylation is 2. The minimum absolute atomic E-state index is 0.0870. The molecule has 1 atom stereocenters. The lowest BCUT2D eigenvalue weighted by molar-refractivity contribution is 0.0921. The second-order valence-corrected chi connectivity index (χ2v) is 7.49. The SMILES string of the molecule is Cn1ncc(-c2cc(F)ccn2)c1C(=O)NC1CCn2nc(-c3ccccc3)nc2C1. The Hall–Kier alpha value is -3.88. The first-order valence-electron chi connectivity index (χ1n) is 10.0. The number of nitrogens with one attached hydrogen (secondary N) is 1. The van der Waals surface area contributed by atoms with Gasteiger partial charge in [-0.3, -0.25) is 14.5 Å². The normalized spacial score (nSPS) is 15.5. The van der Waals surface area contributed by atoms with Crippen molar-refractivity contribution < 1.29 is 9.18 Å². The highest BCUT2D eigenvalue weighted by molar-refractivity contribution is 5.98. The van der Waals surface area contributed by atoms with Crippen LogP contribution in [0, 0.1) is 5.82 Å². The fourth-order valence-electron chi connectivity index (χ4n) is 3.84. The number of fused-ring (bicyclic) bond motifs is 1. The fourth-order valence-corrected chi connectivity index (χ4v) is 3.84. The fraction of sp³-hybridized carbons (Fsp3) is 0.227. The van der Waals surface area contributed by atoms with Crippen molar-refractivity contribution in [3.63, 3.8) is 0 Å². The molecule has 156 valence electrons. The van der Waals surface area contributed by atoms with E-state index in [9.17, 15) is 9.18 Å². The number of rotatable bonds is 4. The Morgan fingerprint density at radius 1 is 1.23 bits per heavy atom. The van der Waals surface area contributed by atoms with E-state index in [-0.39, 0.29) is 11.9 Å². The molecule has 0 spiro atoms. The van der Waals surface area contributed by atoms with Crippen LogP contribution >= 0.6 is 0 Å². The largest absolute Gasteiger partial charge is 0.347 e. The summed E-state index contributed by atoms with van der Waals surface area (Å²) in [6.07, 6.45) is 4.22. The van der Waals surface area contributed by atoms with Crippen molar-refractivity contribution in [2.24, 2.45) is 7.05 Å². The molecule has 0 bridgehead atoms. The second-order valence-electron chi connectivity index (χ2n) is 7.49. The summed E-state index contributed by atoms with van der Waals surface area (Å²) in [4.78, 5) is 21.9. The minimum atomic E-state index is -0.416. The molecule has 0 saturated heterocycles. The van der Waals surface area contributed by atoms with Crippen LogP contribution in [0.1, 0.15) is 22.7 Å². The summed E-state index contributed by atoms with van der Waals surface area (Å²) in [6.45, 7) is 0.670. The zero-order valence-corrected chi connectivity index (χ0v) is 16.9. The summed E-state index contributed by atoms with van der Waals surface area (Å²) in [5.41, 5.74) is 2.17. The van der Waals surface area contributed by atoms with Crippen LogP contribution in [0.4, 0.5) is 4.39 Å². The third kappa shape index (κ3) is 3.70. The first-order chi connectivity index (χ1) is 15.1. The molecule has 8 nitrogen and oxygen atoms in total. The zero-order valence-electron chi connectivity index (χ0n) is 16.9. The van der Waals surface area contributed by atoms with E-state index in [2.05, 4.69) is 25.5 Å². The van der Waals surface area contributed by atoms with Gasteiger partial charge in [0, 0.05) is 43.9 Å². The average Bonchev–Trinajstić information content (AvgIpc) is 3.37. The van der Waals surface area contributed by atoms with Crippen molar-refractivity contribution in [3.8, 4) is 22.6 Å². The Balaban J connectivity index is 1.35. The Morgan fingerprint density at radius 3 is 2.87 bits per heavy atom. The highest BCUT2D eigenvalue weighted by atomic mass is 19.1. The molecule has 0 fully saturated rings. The monoisotopic (exact) mass is 417 g/mol. The quantitative estimate of drug-likeness (QED) is 0.551. The second kappa shape index (κ2) is 7.75. The molecule has 31 heavy (non-hydrogen) atoms. The number of pyridine rings is 1.